The van der Waals surface area contributed by atoms with Crippen LogP contribution in [0.25, 0.3) is 0 Å². The molecule has 0 bridgehead atoms. The molecule has 0 aliphatic carbocycles. The van der Waals surface area contributed by atoms with Crippen LogP contribution in [-0.2, 0) is 11.2 Å². The first-order valence-corrected chi connectivity index (χ1v) is 10.3. The molecule has 0 saturated carbocycles. The van der Waals surface area contributed by atoms with Gasteiger partial charge < -0.3 is 29.3 Å². The van der Waals surface area contributed by atoms with Crippen LogP contribution in [-0.4, -0.2) is 45.5 Å². The lowest BCUT2D eigenvalue weighted by atomic mass is 10.1. The summed E-state index contributed by atoms with van der Waals surface area (Å²) in [6, 6.07) is 9.63. The molecule has 2 aromatic rings. The zero-order chi connectivity index (χ0) is 20.3. The Morgan fingerprint density at radius 3 is 2.90 bits per heavy atom. The van der Waals surface area contributed by atoms with E-state index in [4.69, 9.17) is 23.6 Å². The second-order valence-corrected chi connectivity index (χ2v) is 6.86. The molecule has 1 atom stereocenters. The van der Waals surface area contributed by atoms with Crippen molar-refractivity contribution >= 4 is 11.6 Å². The standard InChI is InChI=1S/C22H31N3O4/c1-3-27-20-10-9-17(15-21(20)26-2)25-22(23-12-11-18-8-6-14-28-18)24-16-19-7-4-5-13-29-19/h6,8-10,14-15,19H,3-5,7,11-13,16H2,1-2H3,(H2,23,24,25). The minimum atomic E-state index is 0.183. The summed E-state index contributed by atoms with van der Waals surface area (Å²) >= 11 is 0. The predicted molar refractivity (Wildman–Crippen MR) is 114 cm³/mol. The van der Waals surface area contributed by atoms with Crippen LogP contribution in [0.2, 0.25) is 0 Å². The third-order valence-electron chi connectivity index (χ3n) is 4.70. The molecule has 3 rings (SSSR count). The molecule has 1 aromatic heterocycles. The van der Waals surface area contributed by atoms with E-state index < -0.39 is 0 Å². The van der Waals surface area contributed by atoms with Crippen molar-refractivity contribution in [1.29, 1.82) is 0 Å². The van der Waals surface area contributed by atoms with Gasteiger partial charge in [0.1, 0.15) is 5.76 Å². The highest BCUT2D eigenvalue weighted by atomic mass is 16.5. The molecule has 1 aromatic carbocycles. The smallest absolute Gasteiger partial charge is 0.195 e. The number of aliphatic imine (C=N–C) groups is 1. The Bertz CT molecular complexity index is 755. The number of benzene rings is 1. The summed E-state index contributed by atoms with van der Waals surface area (Å²) in [6.45, 7) is 4.70. The minimum absolute atomic E-state index is 0.183. The molecule has 0 radical (unpaired) electrons. The van der Waals surface area contributed by atoms with Gasteiger partial charge in [0.2, 0.25) is 0 Å². The van der Waals surface area contributed by atoms with Gasteiger partial charge in [-0.3, -0.25) is 4.99 Å². The molecule has 2 heterocycles. The largest absolute Gasteiger partial charge is 0.493 e. The molecule has 1 aliphatic rings. The first-order valence-electron chi connectivity index (χ1n) is 10.3. The molecular formula is C22H31N3O4. The van der Waals surface area contributed by atoms with Crippen LogP contribution < -0.4 is 20.1 Å². The van der Waals surface area contributed by atoms with Crippen molar-refractivity contribution < 1.29 is 18.6 Å². The van der Waals surface area contributed by atoms with E-state index in [-0.39, 0.29) is 6.10 Å². The zero-order valence-corrected chi connectivity index (χ0v) is 17.3. The quantitative estimate of drug-likeness (QED) is 0.491. The molecule has 29 heavy (non-hydrogen) atoms. The van der Waals surface area contributed by atoms with Gasteiger partial charge in [-0.05, 0) is 50.5 Å². The number of rotatable bonds is 9. The number of hydrogen-bond donors (Lipinski definition) is 2. The van der Waals surface area contributed by atoms with Gasteiger partial charge in [-0.2, -0.15) is 0 Å². The van der Waals surface area contributed by atoms with E-state index in [2.05, 4.69) is 10.6 Å². The van der Waals surface area contributed by atoms with E-state index in [1.807, 2.05) is 37.3 Å². The number of guanidine groups is 1. The molecule has 158 valence electrons. The molecule has 7 nitrogen and oxygen atoms in total. The maximum absolute atomic E-state index is 5.81. The Morgan fingerprint density at radius 2 is 2.17 bits per heavy atom. The van der Waals surface area contributed by atoms with Crippen molar-refractivity contribution in [3.05, 3.63) is 42.4 Å². The molecule has 1 fully saturated rings. The van der Waals surface area contributed by atoms with Gasteiger partial charge in [0.25, 0.3) is 0 Å². The summed E-state index contributed by atoms with van der Waals surface area (Å²) < 4.78 is 22.3. The summed E-state index contributed by atoms with van der Waals surface area (Å²) in [4.78, 5) is 4.74. The number of anilines is 1. The first kappa shape index (κ1) is 21.0. The molecule has 1 unspecified atom stereocenters. The zero-order valence-electron chi connectivity index (χ0n) is 17.3. The van der Waals surface area contributed by atoms with Crippen LogP contribution in [0.15, 0.2) is 46.0 Å². The fraction of sp³-hybridized carbons (Fsp3) is 0.500. The van der Waals surface area contributed by atoms with Crippen molar-refractivity contribution in [2.75, 3.05) is 38.7 Å². The Labute approximate surface area is 172 Å². The Kier molecular flexibility index (Phi) is 8.25. The van der Waals surface area contributed by atoms with E-state index in [0.717, 1.165) is 43.1 Å². The SMILES string of the molecule is CCOc1ccc(NC(=NCC2CCCCO2)NCCc2ccco2)cc1OC. The number of hydrogen-bond acceptors (Lipinski definition) is 5. The third-order valence-corrected chi connectivity index (χ3v) is 4.70. The molecular weight excluding hydrogens is 370 g/mol. The highest BCUT2D eigenvalue weighted by Gasteiger charge is 2.14. The Balaban J connectivity index is 1.65. The second-order valence-electron chi connectivity index (χ2n) is 6.86. The van der Waals surface area contributed by atoms with Gasteiger partial charge in [0, 0.05) is 31.3 Å². The van der Waals surface area contributed by atoms with Crippen LogP contribution in [0.1, 0.15) is 31.9 Å². The molecule has 0 amide bonds. The summed E-state index contributed by atoms with van der Waals surface area (Å²) in [5, 5.41) is 6.73. The lowest BCUT2D eigenvalue weighted by Gasteiger charge is -2.21. The van der Waals surface area contributed by atoms with Crippen LogP contribution in [0.4, 0.5) is 5.69 Å². The van der Waals surface area contributed by atoms with Crippen molar-refractivity contribution in [1.82, 2.24) is 5.32 Å². The van der Waals surface area contributed by atoms with Crippen LogP contribution in [0.3, 0.4) is 0 Å². The van der Waals surface area contributed by atoms with E-state index >= 15 is 0 Å². The summed E-state index contributed by atoms with van der Waals surface area (Å²) in [5.74, 6) is 3.05. The van der Waals surface area contributed by atoms with Crippen LogP contribution in [0.5, 0.6) is 11.5 Å². The lowest BCUT2D eigenvalue weighted by Crippen LogP contribution is -2.34. The van der Waals surface area contributed by atoms with Gasteiger partial charge in [-0.15, -0.1) is 0 Å². The van der Waals surface area contributed by atoms with Gasteiger partial charge in [0.05, 0.1) is 32.6 Å². The minimum Gasteiger partial charge on any atom is -0.493 e. The molecule has 1 saturated heterocycles. The predicted octanol–water partition coefficient (Wildman–Crippen LogP) is 3.86. The fourth-order valence-electron chi connectivity index (χ4n) is 3.20. The topological polar surface area (TPSA) is 77.2 Å². The highest BCUT2D eigenvalue weighted by Crippen LogP contribution is 2.30. The molecule has 1 aliphatic heterocycles. The van der Waals surface area contributed by atoms with Crippen molar-refractivity contribution in [2.24, 2.45) is 4.99 Å². The van der Waals surface area contributed by atoms with Gasteiger partial charge in [0.15, 0.2) is 17.5 Å². The Morgan fingerprint density at radius 1 is 1.24 bits per heavy atom. The van der Waals surface area contributed by atoms with E-state index in [1.165, 1.54) is 6.42 Å². The van der Waals surface area contributed by atoms with E-state index in [0.29, 0.717) is 31.4 Å². The number of methoxy groups -OCH3 is 1. The molecule has 0 spiro atoms. The van der Waals surface area contributed by atoms with Gasteiger partial charge in [-0.25, -0.2) is 0 Å². The number of ether oxygens (including phenoxy) is 3. The van der Waals surface area contributed by atoms with Crippen molar-refractivity contribution in [3.8, 4) is 11.5 Å². The van der Waals surface area contributed by atoms with Gasteiger partial charge >= 0.3 is 0 Å². The van der Waals surface area contributed by atoms with Crippen LogP contribution >= 0.6 is 0 Å². The molecule has 2 N–H and O–H groups in total. The van der Waals surface area contributed by atoms with Crippen molar-refractivity contribution in [2.45, 2.75) is 38.7 Å². The number of nitrogens with zero attached hydrogens (tertiary/aromatic N) is 1. The Hall–Kier alpha value is -2.67. The average Bonchev–Trinajstić information content (AvgIpc) is 3.27. The maximum Gasteiger partial charge on any atom is 0.195 e. The lowest BCUT2D eigenvalue weighted by molar-refractivity contribution is 0.0225. The fourth-order valence-corrected chi connectivity index (χ4v) is 3.20. The van der Waals surface area contributed by atoms with Crippen molar-refractivity contribution in [3.63, 3.8) is 0 Å². The summed E-state index contributed by atoms with van der Waals surface area (Å²) in [7, 11) is 1.64. The normalized spacial score (nSPS) is 17.0. The van der Waals surface area contributed by atoms with Gasteiger partial charge in [-0.1, -0.05) is 0 Å². The average molecular weight is 402 g/mol. The second kappa shape index (κ2) is 11.4. The van der Waals surface area contributed by atoms with Crippen LogP contribution in [0, 0.1) is 0 Å². The number of furan rings is 1. The van der Waals surface area contributed by atoms with E-state index in [9.17, 15) is 0 Å². The molecule has 7 heteroatoms. The summed E-state index contributed by atoms with van der Waals surface area (Å²) in [6.07, 6.45) is 6.04. The first-order chi connectivity index (χ1) is 14.3. The maximum atomic E-state index is 5.81. The van der Waals surface area contributed by atoms with E-state index in [1.54, 1.807) is 13.4 Å². The summed E-state index contributed by atoms with van der Waals surface area (Å²) in [5.41, 5.74) is 0.874. The third kappa shape index (κ3) is 6.71. The number of nitrogens with one attached hydrogen (secondary N) is 2. The highest BCUT2D eigenvalue weighted by molar-refractivity contribution is 5.94. The monoisotopic (exact) mass is 401 g/mol.